The zero-order chi connectivity index (χ0) is 25.0. The number of methoxy groups -OCH3 is 1. The molecular weight excluding hydrogens is 460 g/mol. The number of nitrogens with two attached hydrogens (primary N) is 1. The van der Waals surface area contributed by atoms with Crippen LogP contribution in [-0.4, -0.2) is 48.3 Å². The molecule has 0 saturated heterocycles. The lowest BCUT2D eigenvalue weighted by molar-refractivity contribution is -0.121. The second-order valence-electron chi connectivity index (χ2n) is 9.02. The van der Waals surface area contributed by atoms with Crippen LogP contribution in [0.25, 0.3) is 0 Å². The van der Waals surface area contributed by atoms with Gasteiger partial charge in [0.15, 0.2) is 12.3 Å². The van der Waals surface area contributed by atoms with Crippen LogP contribution >= 0.6 is 11.3 Å². The predicted octanol–water partition coefficient (Wildman–Crippen LogP) is 1.80. The minimum atomic E-state index is -0.793. The molecule has 1 aliphatic carbocycles. The van der Waals surface area contributed by atoms with Gasteiger partial charge in [-0.15, -0.1) is 11.3 Å². The molecule has 0 radical (unpaired) electrons. The van der Waals surface area contributed by atoms with Gasteiger partial charge >= 0.3 is 11.7 Å². The number of nitrogens with zero attached hydrogens (tertiary/aromatic N) is 2. The molecule has 1 aliphatic rings. The van der Waals surface area contributed by atoms with E-state index in [1.807, 2.05) is 19.9 Å². The molecule has 2 heterocycles. The molecule has 0 unspecified atom stereocenters. The first-order chi connectivity index (χ1) is 16.1. The highest BCUT2D eigenvalue weighted by Gasteiger charge is 2.26. The van der Waals surface area contributed by atoms with Gasteiger partial charge in [0.2, 0.25) is 0 Å². The molecule has 0 bridgehead atoms. The number of anilines is 2. The lowest BCUT2D eigenvalue weighted by Crippen LogP contribution is -2.44. The van der Waals surface area contributed by atoms with Crippen LogP contribution in [-0.2, 0) is 33.7 Å². The Morgan fingerprint density at radius 3 is 2.76 bits per heavy atom. The summed E-state index contributed by atoms with van der Waals surface area (Å²) in [5, 5.41) is 0. The number of hydrogen-bond acceptors (Lipinski definition) is 8. The van der Waals surface area contributed by atoms with Crippen LogP contribution < -0.4 is 21.9 Å². The van der Waals surface area contributed by atoms with Crippen molar-refractivity contribution in [3.05, 3.63) is 42.2 Å². The van der Waals surface area contributed by atoms with E-state index in [4.69, 9.17) is 15.2 Å². The number of esters is 1. The number of amides is 1. The van der Waals surface area contributed by atoms with E-state index in [-0.39, 0.29) is 37.1 Å². The van der Waals surface area contributed by atoms with Crippen molar-refractivity contribution in [3.63, 3.8) is 0 Å². The Labute approximate surface area is 201 Å². The van der Waals surface area contributed by atoms with Gasteiger partial charge in [-0.3, -0.25) is 24.0 Å². The maximum absolute atomic E-state index is 13.0. The third kappa shape index (κ3) is 5.76. The number of nitrogens with one attached hydrogen (secondary N) is 1. The fourth-order valence-electron chi connectivity index (χ4n) is 4.01. The van der Waals surface area contributed by atoms with Gasteiger partial charge in [0.05, 0.1) is 6.61 Å². The molecule has 0 fully saturated rings. The largest absolute Gasteiger partial charge is 0.451 e. The normalized spacial score (nSPS) is 15.3. The van der Waals surface area contributed by atoms with E-state index in [0.717, 1.165) is 29.7 Å². The van der Waals surface area contributed by atoms with E-state index in [1.165, 1.54) is 27.9 Å². The molecule has 34 heavy (non-hydrogen) atoms. The number of carbonyl (C=O) groups is 2. The lowest BCUT2D eigenvalue weighted by atomic mass is 9.90. The van der Waals surface area contributed by atoms with Crippen molar-refractivity contribution in [1.82, 2.24) is 9.55 Å². The Bertz CT molecular complexity index is 1170. The summed E-state index contributed by atoms with van der Waals surface area (Å²) >= 11 is 1.40. The summed E-state index contributed by atoms with van der Waals surface area (Å²) in [6, 6.07) is 1.84. The standard InChI is InChI=1S/C23H32N4O6S/c1-13(2)11-27-20(24)19(21(29)25-23(27)31)26(7-8-32-4)18(28)12-33-22(30)17-10-15-9-14(3)5-6-16(15)34-17/h10,13-14H,5-9,11-12,24H2,1-4H3,(H,25,29,31)/t14-/m0/s1. The second-order valence-corrected chi connectivity index (χ2v) is 10.2. The molecular formula is C23H32N4O6S. The average molecular weight is 493 g/mol. The van der Waals surface area contributed by atoms with Crippen LogP contribution in [0.5, 0.6) is 0 Å². The van der Waals surface area contributed by atoms with Crippen LogP contribution in [0.4, 0.5) is 11.5 Å². The Morgan fingerprint density at radius 1 is 1.35 bits per heavy atom. The zero-order valence-corrected chi connectivity index (χ0v) is 20.8. The van der Waals surface area contributed by atoms with E-state index in [9.17, 15) is 19.2 Å². The van der Waals surface area contributed by atoms with E-state index in [0.29, 0.717) is 10.8 Å². The van der Waals surface area contributed by atoms with Crippen molar-refractivity contribution in [2.75, 3.05) is 37.5 Å². The van der Waals surface area contributed by atoms with Gasteiger partial charge < -0.3 is 15.2 Å². The van der Waals surface area contributed by atoms with E-state index in [2.05, 4.69) is 11.9 Å². The summed E-state index contributed by atoms with van der Waals surface area (Å²) < 4.78 is 11.6. The molecule has 3 N–H and O–H groups in total. The Kier molecular flexibility index (Phi) is 8.32. The minimum absolute atomic E-state index is 0.00870. The summed E-state index contributed by atoms with van der Waals surface area (Å²) in [6.45, 7) is 5.76. The summed E-state index contributed by atoms with van der Waals surface area (Å²) in [7, 11) is 1.45. The number of aryl methyl sites for hydroxylation is 1. The fraction of sp³-hybridized carbons (Fsp3) is 0.565. The molecule has 1 amide bonds. The van der Waals surface area contributed by atoms with Crippen molar-refractivity contribution in [1.29, 1.82) is 0 Å². The smallest absolute Gasteiger partial charge is 0.348 e. The molecule has 2 aromatic heterocycles. The number of thiophene rings is 1. The van der Waals surface area contributed by atoms with Crippen molar-refractivity contribution < 1.29 is 19.1 Å². The minimum Gasteiger partial charge on any atom is -0.451 e. The van der Waals surface area contributed by atoms with Crippen molar-refractivity contribution in [3.8, 4) is 0 Å². The van der Waals surface area contributed by atoms with Crippen molar-refractivity contribution in [2.24, 2.45) is 11.8 Å². The van der Waals surface area contributed by atoms with Crippen LogP contribution in [0.3, 0.4) is 0 Å². The van der Waals surface area contributed by atoms with Gasteiger partial charge in [-0.2, -0.15) is 0 Å². The predicted molar refractivity (Wildman–Crippen MR) is 131 cm³/mol. The highest BCUT2D eigenvalue weighted by atomic mass is 32.1. The Balaban J connectivity index is 1.81. The number of fused-ring (bicyclic) bond motifs is 1. The van der Waals surface area contributed by atoms with Gasteiger partial charge in [0.1, 0.15) is 10.7 Å². The lowest BCUT2D eigenvalue weighted by Gasteiger charge is -2.24. The number of aromatic nitrogens is 2. The van der Waals surface area contributed by atoms with Gasteiger partial charge in [-0.25, -0.2) is 9.59 Å². The fourth-order valence-corrected chi connectivity index (χ4v) is 5.11. The highest BCUT2D eigenvalue weighted by Crippen LogP contribution is 2.32. The first kappa shape index (κ1) is 25.7. The first-order valence-electron chi connectivity index (χ1n) is 11.3. The van der Waals surface area contributed by atoms with Crippen LogP contribution in [0.2, 0.25) is 0 Å². The molecule has 2 aromatic rings. The summed E-state index contributed by atoms with van der Waals surface area (Å²) in [5.74, 6) is -0.712. The molecule has 0 aromatic carbocycles. The molecule has 10 nitrogen and oxygen atoms in total. The van der Waals surface area contributed by atoms with Crippen molar-refractivity contribution >= 4 is 34.7 Å². The van der Waals surface area contributed by atoms with E-state index in [1.54, 1.807) is 0 Å². The van der Waals surface area contributed by atoms with E-state index >= 15 is 0 Å². The molecule has 11 heteroatoms. The topological polar surface area (TPSA) is 137 Å². The molecule has 186 valence electrons. The Morgan fingerprint density at radius 2 is 2.09 bits per heavy atom. The molecule has 0 saturated carbocycles. The molecule has 3 rings (SSSR count). The molecule has 1 atom stereocenters. The van der Waals surface area contributed by atoms with Gasteiger partial charge in [0, 0.05) is 25.1 Å². The highest BCUT2D eigenvalue weighted by molar-refractivity contribution is 7.14. The average Bonchev–Trinajstić information content (AvgIpc) is 3.20. The van der Waals surface area contributed by atoms with Gasteiger partial charge in [-0.05, 0) is 42.7 Å². The Hall–Kier alpha value is -2.92. The number of nitrogen functional groups attached to an aromatic ring is 1. The molecule has 0 aliphatic heterocycles. The van der Waals surface area contributed by atoms with Gasteiger partial charge in [-0.1, -0.05) is 20.8 Å². The monoisotopic (exact) mass is 492 g/mol. The first-order valence-corrected chi connectivity index (χ1v) is 12.1. The number of aromatic amines is 1. The number of rotatable bonds is 9. The third-order valence-corrected chi connectivity index (χ3v) is 6.93. The number of ether oxygens (including phenoxy) is 2. The number of H-pyrrole nitrogens is 1. The maximum Gasteiger partial charge on any atom is 0.348 e. The zero-order valence-electron chi connectivity index (χ0n) is 20.0. The van der Waals surface area contributed by atoms with E-state index < -0.39 is 29.7 Å². The summed E-state index contributed by atoms with van der Waals surface area (Å²) in [6.07, 6.45) is 2.95. The maximum atomic E-state index is 13.0. The summed E-state index contributed by atoms with van der Waals surface area (Å²) in [5.41, 5.74) is 5.71. The SMILES string of the molecule is COCCN(C(=O)COC(=O)c1cc2c(s1)CC[C@H](C)C2)c1c(N)n(CC(C)C)c(=O)[nH]c1=O. The molecule has 0 spiro atoms. The van der Waals surface area contributed by atoms with Crippen molar-refractivity contribution in [2.45, 2.75) is 46.6 Å². The quantitative estimate of drug-likeness (QED) is 0.509. The number of carbonyl (C=O) groups excluding carboxylic acids is 2. The van der Waals surface area contributed by atoms with Gasteiger partial charge in [0.25, 0.3) is 11.5 Å². The number of hydrogen-bond donors (Lipinski definition) is 2. The second kappa shape index (κ2) is 11.0. The van der Waals surface area contributed by atoms with Crippen LogP contribution in [0.15, 0.2) is 15.7 Å². The summed E-state index contributed by atoms with van der Waals surface area (Å²) in [4.78, 5) is 55.5. The van der Waals surface area contributed by atoms with Crippen LogP contribution in [0.1, 0.15) is 47.3 Å². The van der Waals surface area contributed by atoms with Crippen LogP contribution in [0, 0.1) is 11.8 Å². The third-order valence-electron chi connectivity index (χ3n) is 5.71.